The van der Waals surface area contributed by atoms with E-state index in [0.29, 0.717) is 11.5 Å². The van der Waals surface area contributed by atoms with Gasteiger partial charge in [-0.3, -0.25) is 4.57 Å². The lowest BCUT2D eigenvalue weighted by Crippen LogP contribution is -2.50. The highest BCUT2D eigenvalue weighted by Crippen LogP contribution is 2.35. The van der Waals surface area contributed by atoms with Crippen LogP contribution >= 0.6 is 0 Å². The molecule has 2 aliphatic rings. The standard InChI is InChI=1S/C24H21N7/c25-9-16-1-3-18(4-2-16)19-8-23-24-28-27-15-31(24)22-6-5-21(29-11-17(10-26)12-29)7-20(22)14-30(23)13-19/h1-8,13,15,17H,10-12,14,26H2. The second kappa shape index (κ2) is 6.83. The fourth-order valence-corrected chi connectivity index (χ4v) is 4.55. The first-order valence-corrected chi connectivity index (χ1v) is 10.4. The van der Waals surface area contributed by atoms with Crippen molar-refractivity contribution in [2.45, 2.75) is 6.54 Å². The summed E-state index contributed by atoms with van der Waals surface area (Å²) in [4.78, 5) is 2.38. The molecule has 4 heterocycles. The summed E-state index contributed by atoms with van der Waals surface area (Å²) in [5.74, 6) is 1.42. The Morgan fingerprint density at radius 2 is 1.90 bits per heavy atom. The van der Waals surface area contributed by atoms with E-state index in [9.17, 15) is 0 Å². The van der Waals surface area contributed by atoms with Crippen LogP contribution in [-0.2, 0) is 6.54 Å². The van der Waals surface area contributed by atoms with Gasteiger partial charge in [0.1, 0.15) is 6.33 Å². The Kier molecular flexibility index (Phi) is 3.95. The van der Waals surface area contributed by atoms with Crippen LogP contribution in [0.15, 0.2) is 61.1 Å². The highest BCUT2D eigenvalue weighted by atomic mass is 15.3. The van der Waals surface area contributed by atoms with Crippen LogP contribution in [0.2, 0.25) is 0 Å². The molecule has 2 N–H and O–H groups in total. The molecule has 0 unspecified atom stereocenters. The quantitative estimate of drug-likeness (QED) is 0.497. The smallest absolute Gasteiger partial charge is 0.185 e. The van der Waals surface area contributed by atoms with Crippen LogP contribution in [0.3, 0.4) is 0 Å². The van der Waals surface area contributed by atoms with E-state index < -0.39 is 0 Å². The molecule has 4 aromatic rings. The Labute approximate surface area is 180 Å². The molecule has 1 saturated heterocycles. The predicted molar refractivity (Wildman–Crippen MR) is 119 cm³/mol. The van der Waals surface area contributed by atoms with Crippen molar-refractivity contribution < 1.29 is 0 Å². The molecule has 7 nitrogen and oxygen atoms in total. The van der Waals surface area contributed by atoms with E-state index in [2.05, 4.69) is 60.8 Å². The van der Waals surface area contributed by atoms with Crippen molar-refractivity contribution in [1.82, 2.24) is 19.3 Å². The first-order chi connectivity index (χ1) is 15.2. The summed E-state index contributed by atoms with van der Waals surface area (Å²) in [6.07, 6.45) is 3.94. The molecular weight excluding hydrogens is 386 g/mol. The van der Waals surface area contributed by atoms with Gasteiger partial charge in [-0.2, -0.15) is 5.26 Å². The average molecular weight is 407 g/mol. The van der Waals surface area contributed by atoms with Gasteiger partial charge >= 0.3 is 0 Å². The molecular formula is C24H21N7. The average Bonchev–Trinajstić information content (AvgIpc) is 3.38. The zero-order valence-corrected chi connectivity index (χ0v) is 16.9. The third kappa shape index (κ3) is 2.84. The van der Waals surface area contributed by atoms with E-state index in [-0.39, 0.29) is 0 Å². The molecule has 0 spiro atoms. The van der Waals surface area contributed by atoms with Gasteiger partial charge in [0.15, 0.2) is 5.82 Å². The van der Waals surface area contributed by atoms with E-state index in [1.807, 2.05) is 24.3 Å². The van der Waals surface area contributed by atoms with Crippen molar-refractivity contribution in [3.05, 3.63) is 72.2 Å². The van der Waals surface area contributed by atoms with Gasteiger partial charge in [0, 0.05) is 43.0 Å². The largest absolute Gasteiger partial charge is 0.371 e. The second-order valence-electron chi connectivity index (χ2n) is 8.28. The number of nitrogens with zero attached hydrogens (tertiary/aromatic N) is 6. The highest BCUT2D eigenvalue weighted by molar-refractivity contribution is 5.72. The Bertz CT molecular complexity index is 1320. The number of nitriles is 1. The number of aromatic nitrogens is 4. The van der Waals surface area contributed by atoms with Gasteiger partial charge < -0.3 is 15.2 Å². The van der Waals surface area contributed by atoms with Crippen molar-refractivity contribution in [1.29, 1.82) is 5.26 Å². The highest BCUT2D eigenvalue weighted by Gasteiger charge is 2.27. The molecule has 0 saturated carbocycles. The minimum absolute atomic E-state index is 0.592. The van der Waals surface area contributed by atoms with E-state index in [0.717, 1.165) is 54.5 Å². The van der Waals surface area contributed by atoms with Gasteiger partial charge in [-0.15, -0.1) is 10.2 Å². The zero-order chi connectivity index (χ0) is 20.9. The lowest BCUT2D eigenvalue weighted by molar-refractivity contribution is 0.420. The van der Waals surface area contributed by atoms with Crippen LogP contribution < -0.4 is 10.6 Å². The molecule has 0 radical (unpaired) electrons. The van der Waals surface area contributed by atoms with Gasteiger partial charge in [-0.25, -0.2) is 0 Å². The van der Waals surface area contributed by atoms with Crippen LogP contribution in [0.25, 0.3) is 28.3 Å². The molecule has 2 aromatic heterocycles. The first kappa shape index (κ1) is 17.9. The maximum absolute atomic E-state index is 9.07. The van der Waals surface area contributed by atoms with Crippen LogP contribution in [0, 0.1) is 17.2 Å². The minimum atomic E-state index is 0.592. The van der Waals surface area contributed by atoms with Gasteiger partial charge in [0.05, 0.1) is 23.0 Å². The van der Waals surface area contributed by atoms with Crippen LogP contribution in [0.5, 0.6) is 0 Å². The summed E-state index contributed by atoms with van der Waals surface area (Å²) in [6.45, 7) is 3.54. The molecule has 0 atom stereocenters. The fraction of sp³-hybridized carbons (Fsp3) is 0.208. The van der Waals surface area contributed by atoms with Crippen molar-refractivity contribution in [2.24, 2.45) is 11.7 Å². The number of hydrogen-bond acceptors (Lipinski definition) is 5. The summed E-state index contributed by atoms with van der Waals surface area (Å²) < 4.78 is 4.31. The number of benzene rings is 2. The summed E-state index contributed by atoms with van der Waals surface area (Å²) in [7, 11) is 0. The number of hydrogen-bond donors (Lipinski definition) is 1. The first-order valence-electron chi connectivity index (χ1n) is 10.4. The Morgan fingerprint density at radius 1 is 1.06 bits per heavy atom. The Balaban J connectivity index is 1.42. The van der Waals surface area contributed by atoms with Crippen molar-refractivity contribution in [3.63, 3.8) is 0 Å². The monoisotopic (exact) mass is 407 g/mol. The molecule has 2 aliphatic heterocycles. The maximum atomic E-state index is 9.07. The molecule has 2 aromatic carbocycles. The number of fused-ring (bicyclic) bond motifs is 5. The van der Waals surface area contributed by atoms with E-state index in [1.54, 1.807) is 6.33 Å². The van der Waals surface area contributed by atoms with Gasteiger partial charge in [-0.1, -0.05) is 12.1 Å². The molecule has 0 aliphatic carbocycles. The van der Waals surface area contributed by atoms with E-state index >= 15 is 0 Å². The van der Waals surface area contributed by atoms with Crippen LogP contribution in [0.4, 0.5) is 5.69 Å². The third-order valence-corrected chi connectivity index (χ3v) is 6.34. The second-order valence-corrected chi connectivity index (χ2v) is 8.28. The molecule has 152 valence electrons. The van der Waals surface area contributed by atoms with Crippen LogP contribution in [-0.4, -0.2) is 39.0 Å². The van der Waals surface area contributed by atoms with Gasteiger partial charge in [0.2, 0.25) is 0 Å². The zero-order valence-electron chi connectivity index (χ0n) is 16.9. The molecule has 0 amide bonds. The molecule has 6 rings (SSSR count). The summed E-state index contributed by atoms with van der Waals surface area (Å²) in [6, 6.07) is 18.6. The molecule has 7 heteroatoms. The number of nitrogens with two attached hydrogens (primary N) is 1. The summed E-state index contributed by atoms with van der Waals surface area (Å²) in [5.41, 5.74) is 13.3. The SMILES string of the molecule is N#Cc1ccc(-c2cc3n(c2)Cc2cc(N4CC(CN)C4)ccc2-n2cnnc2-3)cc1. The van der Waals surface area contributed by atoms with Crippen molar-refractivity contribution in [3.8, 4) is 34.4 Å². The minimum Gasteiger partial charge on any atom is -0.371 e. The molecule has 1 fully saturated rings. The van der Waals surface area contributed by atoms with Crippen molar-refractivity contribution >= 4 is 5.69 Å². The fourth-order valence-electron chi connectivity index (χ4n) is 4.55. The van der Waals surface area contributed by atoms with Gasteiger partial charge in [-0.05, 0) is 54.1 Å². The summed E-state index contributed by atoms with van der Waals surface area (Å²) in [5, 5.41) is 17.7. The maximum Gasteiger partial charge on any atom is 0.185 e. The normalized spacial score (nSPS) is 14.8. The molecule has 31 heavy (non-hydrogen) atoms. The number of anilines is 1. The summed E-state index contributed by atoms with van der Waals surface area (Å²) >= 11 is 0. The lowest BCUT2D eigenvalue weighted by atomic mass is 9.98. The van der Waals surface area contributed by atoms with Gasteiger partial charge in [0.25, 0.3) is 0 Å². The number of rotatable bonds is 3. The predicted octanol–water partition coefficient (Wildman–Crippen LogP) is 3.03. The third-order valence-electron chi connectivity index (χ3n) is 6.34. The Hall–Kier alpha value is -3.89. The topological polar surface area (TPSA) is 88.7 Å². The van der Waals surface area contributed by atoms with E-state index in [1.165, 1.54) is 11.3 Å². The Morgan fingerprint density at radius 3 is 2.68 bits per heavy atom. The van der Waals surface area contributed by atoms with E-state index in [4.69, 9.17) is 11.0 Å². The lowest BCUT2D eigenvalue weighted by Gasteiger charge is -2.40. The van der Waals surface area contributed by atoms with Crippen molar-refractivity contribution in [2.75, 3.05) is 24.5 Å². The molecule has 0 bridgehead atoms. The van der Waals surface area contributed by atoms with Crippen LogP contribution in [0.1, 0.15) is 11.1 Å².